The fourth-order valence-electron chi connectivity index (χ4n) is 3.18. The van der Waals surface area contributed by atoms with Crippen molar-refractivity contribution in [3.05, 3.63) is 110 Å². The van der Waals surface area contributed by atoms with E-state index in [9.17, 15) is 19.2 Å². The van der Waals surface area contributed by atoms with Gasteiger partial charge in [0.1, 0.15) is 16.5 Å². The highest BCUT2D eigenvalue weighted by atomic mass is 35.5. The van der Waals surface area contributed by atoms with E-state index in [1.54, 1.807) is 0 Å². The first kappa shape index (κ1) is 24.6. The van der Waals surface area contributed by atoms with Gasteiger partial charge in [-0.2, -0.15) is 5.10 Å². The zero-order chi connectivity index (χ0) is 24.7. The number of benzene rings is 2. The van der Waals surface area contributed by atoms with Crippen LogP contribution in [-0.2, 0) is 13.1 Å². The molecule has 0 atom stereocenters. The molecule has 2 aromatic carbocycles. The number of Topliss-reactive ketones (excluding diaryl/α,β-unsaturated/α-hetero) is 2. The molecule has 0 saturated carbocycles. The van der Waals surface area contributed by atoms with Crippen LogP contribution in [0.4, 0.5) is 0 Å². The number of rotatable bonds is 7. The molecule has 0 saturated heterocycles. The number of aldehydes is 1. The van der Waals surface area contributed by atoms with Gasteiger partial charge in [0.15, 0.2) is 17.9 Å². The smallest absolute Gasteiger partial charge is 0.267 e. The topological polar surface area (TPSA) is 107 Å². The van der Waals surface area contributed by atoms with Crippen molar-refractivity contribution < 1.29 is 14.4 Å². The van der Waals surface area contributed by atoms with Crippen LogP contribution < -0.4 is 5.56 Å². The summed E-state index contributed by atoms with van der Waals surface area (Å²) in [5.41, 5.74) is 2.44. The summed E-state index contributed by atoms with van der Waals surface area (Å²) in [5, 5.41) is 7.06. The number of nitrogens with one attached hydrogen (secondary N) is 1. The molecular formula is C25H23ClN4O4. The number of carbonyl (C=O) groups is 3. The number of aromatic amines is 1. The third kappa shape index (κ3) is 6.05. The predicted octanol–water partition coefficient (Wildman–Crippen LogP) is 4.03. The van der Waals surface area contributed by atoms with Gasteiger partial charge in [-0.3, -0.25) is 24.3 Å². The van der Waals surface area contributed by atoms with Gasteiger partial charge in [-0.15, -0.1) is 0 Å². The Labute approximate surface area is 200 Å². The normalized spacial score (nSPS) is 10.3. The first-order chi connectivity index (χ1) is 16.3. The first-order valence-corrected chi connectivity index (χ1v) is 10.8. The number of hydrogen-bond donors (Lipinski definition) is 1. The Balaban J connectivity index is 0.000000192. The van der Waals surface area contributed by atoms with E-state index < -0.39 is 0 Å². The number of aromatic nitrogens is 4. The van der Waals surface area contributed by atoms with E-state index in [0.29, 0.717) is 25.1 Å². The van der Waals surface area contributed by atoms with Crippen molar-refractivity contribution in [2.45, 2.75) is 26.9 Å². The monoisotopic (exact) mass is 478 g/mol. The van der Waals surface area contributed by atoms with Crippen LogP contribution >= 0.6 is 11.6 Å². The Morgan fingerprint density at radius 1 is 0.941 bits per heavy atom. The van der Waals surface area contributed by atoms with Crippen molar-refractivity contribution in [2.75, 3.05) is 0 Å². The minimum atomic E-state index is -0.272. The van der Waals surface area contributed by atoms with E-state index in [1.165, 1.54) is 29.3 Å². The fourth-order valence-corrected chi connectivity index (χ4v) is 3.41. The molecule has 4 aromatic rings. The van der Waals surface area contributed by atoms with Gasteiger partial charge in [0.05, 0.1) is 18.7 Å². The summed E-state index contributed by atoms with van der Waals surface area (Å²) in [6.07, 6.45) is 0.563. The third-order valence-corrected chi connectivity index (χ3v) is 5.30. The number of halogens is 1. The third-order valence-electron chi connectivity index (χ3n) is 4.90. The second kappa shape index (κ2) is 11.2. The Kier molecular flexibility index (Phi) is 8.10. The molecule has 0 amide bonds. The average Bonchev–Trinajstić information content (AvgIpc) is 3.35. The predicted molar refractivity (Wildman–Crippen MR) is 129 cm³/mol. The van der Waals surface area contributed by atoms with Gasteiger partial charge >= 0.3 is 0 Å². The van der Waals surface area contributed by atoms with E-state index in [-0.39, 0.29) is 33.5 Å². The van der Waals surface area contributed by atoms with E-state index in [1.807, 2.05) is 60.7 Å². The zero-order valence-electron chi connectivity index (χ0n) is 18.7. The lowest BCUT2D eigenvalue weighted by molar-refractivity contribution is 0.0997. The quantitative estimate of drug-likeness (QED) is 0.319. The van der Waals surface area contributed by atoms with Crippen LogP contribution in [0.3, 0.4) is 0 Å². The average molecular weight is 479 g/mol. The van der Waals surface area contributed by atoms with Crippen molar-refractivity contribution in [1.82, 2.24) is 19.6 Å². The SMILES string of the molecule is CC(=O)c1cc(=O)n(Cc2ccccc2)[nH]1.CC(=O)c1nn(Cc2ccccc2)c(Cl)c1C=O. The fraction of sp³-hybridized carbons (Fsp3) is 0.160. The summed E-state index contributed by atoms with van der Waals surface area (Å²) in [6, 6.07) is 20.5. The Morgan fingerprint density at radius 3 is 1.94 bits per heavy atom. The first-order valence-electron chi connectivity index (χ1n) is 10.4. The summed E-state index contributed by atoms with van der Waals surface area (Å²) in [4.78, 5) is 44.9. The van der Waals surface area contributed by atoms with Crippen molar-refractivity contribution >= 4 is 29.5 Å². The van der Waals surface area contributed by atoms with Crippen molar-refractivity contribution in [2.24, 2.45) is 0 Å². The summed E-state index contributed by atoms with van der Waals surface area (Å²) < 4.78 is 2.88. The molecule has 2 aromatic heterocycles. The molecule has 174 valence electrons. The molecule has 1 N–H and O–H groups in total. The summed E-state index contributed by atoms with van der Waals surface area (Å²) in [6.45, 7) is 3.66. The molecule has 0 unspecified atom stereocenters. The van der Waals surface area contributed by atoms with Gasteiger partial charge < -0.3 is 0 Å². The minimum Gasteiger partial charge on any atom is -0.298 e. The van der Waals surface area contributed by atoms with Crippen LogP contribution in [0.2, 0.25) is 5.15 Å². The molecule has 0 aliphatic rings. The lowest BCUT2D eigenvalue weighted by Crippen LogP contribution is -2.16. The highest BCUT2D eigenvalue weighted by Gasteiger charge is 2.18. The summed E-state index contributed by atoms with van der Waals surface area (Å²) >= 11 is 6.04. The highest BCUT2D eigenvalue weighted by Crippen LogP contribution is 2.20. The largest absolute Gasteiger partial charge is 0.298 e. The van der Waals surface area contributed by atoms with E-state index >= 15 is 0 Å². The number of hydrogen-bond acceptors (Lipinski definition) is 5. The lowest BCUT2D eigenvalue weighted by Gasteiger charge is -2.02. The molecule has 0 aliphatic heterocycles. The molecule has 0 bridgehead atoms. The van der Waals surface area contributed by atoms with Crippen molar-refractivity contribution in [3.8, 4) is 0 Å². The lowest BCUT2D eigenvalue weighted by atomic mass is 10.2. The van der Waals surface area contributed by atoms with Crippen LogP contribution in [0.1, 0.15) is 56.3 Å². The van der Waals surface area contributed by atoms with Crippen LogP contribution in [0.25, 0.3) is 0 Å². The Morgan fingerprint density at radius 2 is 1.50 bits per heavy atom. The van der Waals surface area contributed by atoms with Gasteiger partial charge in [0.25, 0.3) is 5.56 Å². The van der Waals surface area contributed by atoms with Crippen molar-refractivity contribution in [1.29, 1.82) is 0 Å². The standard InChI is InChI=1S/C13H11ClN2O2.C12H12N2O2/c1-9(18)12-11(8-17)13(14)16(15-12)7-10-5-3-2-4-6-10;1-9(15)11-7-12(16)14(13-11)8-10-5-3-2-4-6-10/h2-6,8H,7H2,1H3;2-7,13H,8H2,1H3. The maximum Gasteiger partial charge on any atom is 0.267 e. The molecule has 34 heavy (non-hydrogen) atoms. The van der Waals surface area contributed by atoms with Gasteiger partial charge in [-0.25, -0.2) is 9.36 Å². The molecule has 0 spiro atoms. The second-order valence-electron chi connectivity index (χ2n) is 7.51. The molecule has 8 nitrogen and oxygen atoms in total. The van der Waals surface area contributed by atoms with Crippen LogP contribution in [-0.4, -0.2) is 37.4 Å². The highest BCUT2D eigenvalue weighted by molar-refractivity contribution is 6.32. The van der Waals surface area contributed by atoms with Gasteiger partial charge in [0.2, 0.25) is 0 Å². The van der Waals surface area contributed by atoms with Gasteiger partial charge in [-0.1, -0.05) is 72.3 Å². The van der Waals surface area contributed by atoms with E-state index in [2.05, 4.69) is 10.2 Å². The number of nitrogens with zero attached hydrogens (tertiary/aromatic N) is 3. The maximum absolute atomic E-state index is 11.5. The van der Waals surface area contributed by atoms with Crippen molar-refractivity contribution in [3.63, 3.8) is 0 Å². The van der Waals surface area contributed by atoms with E-state index in [0.717, 1.165) is 11.1 Å². The molecule has 2 heterocycles. The minimum absolute atomic E-state index is 0.117. The molecule has 0 radical (unpaired) electrons. The number of H-pyrrole nitrogens is 1. The molecular weight excluding hydrogens is 456 g/mol. The van der Waals surface area contributed by atoms with Gasteiger partial charge in [0, 0.05) is 19.9 Å². The molecule has 0 aliphatic carbocycles. The van der Waals surface area contributed by atoms with Crippen LogP contribution in [0, 0.1) is 0 Å². The summed E-state index contributed by atoms with van der Waals surface area (Å²) in [7, 11) is 0. The van der Waals surface area contributed by atoms with E-state index in [4.69, 9.17) is 11.6 Å². The maximum atomic E-state index is 11.5. The van der Waals surface area contributed by atoms with Crippen LogP contribution in [0.15, 0.2) is 71.5 Å². The Bertz CT molecular complexity index is 1350. The zero-order valence-corrected chi connectivity index (χ0v) is 19.5. The molecule has 9 heteroatoms. The van der Waals surface area contributed by atoms with Crippen LogP contribution in [0.5, 0.6) is 0 Å². The summed E-state index contributed by atoms with van der Waals surface area (Å²) in [5.74, 6) is -0.408. The van der Waals surface area contributed by atoms with Gasteiger partial charge in [-0.05, 0) is 11.1 Å². The number of carbonyl (C=O) groups excluding carboxylic acids is 3. The Hall–Kier alpha value is -4.04. The molecule has 0 fully saturated rings. The molecule has 4 rings (SSSR count). The second-order valence-corrected chi connectivity index (χ2v) is 7.86. The number of ketones is 2.